The second kappa shape index (κ2) is 6.71. The van der Waals surface area contributed by atoms with Crippen molar-refractivity contribution < 1.29 is 13.2 Å². The Bertz CT molecular complexity index is 939. The summed E-state index contributed by atoms with van der Waals surface area (Å²) in [6.07, 6.45) is -2.39. The number of hydrogen-bond donors (Lipinski definition) is 3. The maximum atomic E-state index is 13.3. The van der Waals surface area contributed by atoms with Gasteiger partial charge in [-0.25, -0.2) is 4.98 Å². The van der Waals surface area contributed by atoms with Crippen molar-refractivity contribution in [2.45, 2.75) is 6.18 Å². The van der Waals surface area contributed by atoms with Crippen LogP contribution in [0.2, 0.25) is 5.15 Å². The summed E-state index contributed by atoms with van der Waals surface area (Å²) in [5.41, 5.74) is 5.77. The number of nitrogen functional groups attached to an aromatic ring is 1. The van der Waals surface area contributed by atoms with Crippen molar-refractivity contribution in [3.63, 3.8) is 0 Å². The van der Waals surface area contributed by atoms with Gasteiger partial charge in [0.25, 0.3) is 0 Å². The molecule has 0 radical (unpaired) electrons. The zero-order valence-electron chi connectivity index (χ0n) is 13.3. The van der Waals surface area contributed by atoms with E-state index in [-0.39, 0.29) is 11.1 Å². The van der Waals surface area contributed by atoms with Gasteiger partial charge in [0, 0.05) is 30.8 Å². The molecule has 0 unspecified atom stereocenters. The van der Waals surface area contributed by atoms with E-state index in [0.29, 0.717) is 23.3 Å². The molecule has 2 aromatic heterocycles. The largest absolute Gasteiger partial charge is 0.421 e. The van der Waals surface area contributed by atoms with E-state index in [1.807, 2.05) is 0 Å². The van der Waals surface area contributed by atoms with Gasteiger partial charge in [0.15, 0.2) is 5.15 Å². The molecule has 2 heterocycles. The van der Waals surface area contributed by atoms with Crippen LogP contribution in [0, 0.1) is 0 Å². The van der Waals surface area contributed by atoms with Gasteiger partial charge in [0.1, 0.15) is 11.4 Å². The molecule has 7 nitrogen and oxygen atoms in total. The van der Waals surface area contributed by atoms with Gasteiger partial charge in [-0.3, -0.25) is 4.68 Å². The highest BCUT2D eigenvalue weighted by molar-refractivity contribution is 6.32. The van der Waals surface area contributed by atoms with Gasteiger partial charge in [-0.15, -0.1) is 0 Å². The van der Waals surface area contributed by atoms with E-state index in [0.717, 1.165) is 0 Å². The molecule has 0 fully saturated rings. The third-order valence-corrected chi connectivity index (χ3v) is 3.55. The lowest BCUT2D eigenvalue weighted by atomic mass is 10.2. The van der Waals surface area contributed by atoms with Crippen LogP contribution in [0.15, 0.2) is 36.7 Å². The Kier molecular flexibility index (Phi) is 4.60. The summed E-state index contributed by atoms with van der Waals surface area (Å²) in [5, 5.41) is 9.42. The molecular formula is C15H13ClF3N7. The van der Waals surface area contributed by atoms with E-state index < -0.39 is 17.6 Å². The number of nitrogens with two attached hydrogens (primary N) is 1. The van der Waals surface area contributed by atoms with Crippen LogP contribution in [-0.2, 0) is 13.2 Å². The van der Waals surface area contributed by atoms with Crippen molar-refractivity contribution in [3.8, 4) is 0 Å². The Hall–Kier alpha value is -3.01. The molecule has 26 heavy (non-hydrogen) atoms. The third-order valence-electron chi connectivity index (χ3n) is 3.27. The van der Waals surface area contributed by atoms with Crippen LogP contribution in [-0.4, -0.2) is 19.7 Å². The van der Waals surface area contributed by atoms with Gasteiger partial charge < -0.3 is 16.4 Å². The first-order chi connectivity index (χ1) is 12.2. The van der Waals surface area contributed by atoms with E-state index in [1.165, 1.54) is 10.7 Å². The molecule has 0 amide bonds. The number of halogens is 4. The monoisotopic (exact) mass is 383 g/mol. The first-order valence-electron chi connectivity index (χ1n) is 7.25. The zero-order chi connectivity index (χ0) is 18.9. The van der Waals surface area contributed by atoms with Gasteiger partial charge in [0.2, 0.25) is 5.95 Å². The Morgan fingerprint density at radius 3 is 2.62 bits per heavy atom. The van der Waals surface area contributed by atoms with Crippen LogP contribution >= 0.6 is 11.6 Å². The quantitative estimate of drug-likeness (QED) is 0.590. The molecule has 0 saturated carbocycles. The van der Waals surface area contributed by atoms with Crippen molar-refractivity contribution in [3.05, 3.63) is 47.4 Å². The maximum Gasteiger partial charge on any atom is 0.421 e. The SMILES string of the molecule is Cn1cc(Nc2ncc(C(F)(F)F)c(Nc3cccc(N)c3)n2)c(Cl)n1. The second-order valence-electron chi connectivity index (χ2n) is 5.34. The first kappa shape index (κ1) is 17.8. The van der Waals surface area contributed by atoms with E-state index in [9.17, 15) is 13.2 Å². The van der Waals surface area contributed by atoms with Crippen LogP contribution in [0.3, 0.4) is 0 Å². The van der Waals surface area contributed by atoms with Crippen LogP contribution < -0.4 is 16.4 Å². The molecule has 0 aliphatic rings. The molecular weight excluding hydrogens is 371 g/mol. The molecule has 0 bridgehead atoms. The molecule has 0 atom stereocenters. The predicted octanol–water partition coefficient (Wildman–Crippen LogP) is 3.95. The van der Waals surface area contributed by atoms with Crippen molar-refractivity contribution in [1.29, 1.82) is 0 Å². The standard InChI is InChI=1S/C15H13ClF3N7/c1-26-7-11(12(16)25-26)23-14-21-6-10(15(17,18)19)13(24-14)22-9-4-2-3-8(20)5-9/h2-7H,20H2,1H3,(H2,21,22,23,24). The van der Waals surface area contributed by atoms with Crippen molar-refractivity contribution in [2.75, 3.05) is 16.4 Å². The third kappa shape index (κ3) is 3.97. The minimum Gasteiger partial charge on any atom is -0.399 e. The van der Waals surface area contributed by atoms with Crippen molar-refractivity contribution in [1.82, 2.24) is 19.7 Å². The molecule has 0 spiro atoms. The van der Waals surface area contributed by atoms with E-state index in [2.05, 4.69) is 25.7 Å². The molecule has 11 heteroatoms. The fourth-order valence-electron chi connectivity index (χ4n) is 2.16. The second-order valence-corrected chi connectivity index (χ2v) is 5.69. The Balaban J connectivity index is 1.97. The van der Waals surface area contributed by atoms with Gasteiger partial charge in [-0.2, -0.15) is 23.3 Å². The number of hydrogen-bond acceptors (Lipinski definition) is 6. The molecule has 3 rings (SSSR count). The van der Waals surface area contributed by atoms with Crippen LogP contribution in [0.5, 0.6) is 0 Å². The summed E-state index contributed by atoms with van der Waals surface area (Å²) in [6.45, 7) is 0. The highest BCUT2D eigenvalue weighted by Crippen LogP contribution is 2.35. The van der Waals surface area contributed by atoms with Gasteiger partial charge in [0.05, 0.1) is 5.69 Å². The number of alkyl halides is 3. The maximum absolute atomic E-state index is 13.3. The summed E-state index contributed by atoms with van der Waals surface area (Å²) in [4.78, 5) is 7.63. The number of nitrogens with one attached hydrogen (secondary N) is 2. The molecule has 0 aliphatic heterocycles. The van der Waals surface area contributed by atoms with Gasteiger partial charge in [-0.05, 0) is 18.2 Å². The van der Waals surface area contributed by atoms with Crippen LogP contribution in [0.25, 0.3) is 0 Å². The topological polar surface area (TPSA) is 93.7 Å². The van der Waals surface area contributed by atoms with Crippen LogP contribution in [0.1, 0.15) is 5.56 Å². The molecule has 4 N–H and O–H groups in total. The minimum absolute atomic E-state index is 0.0701. The number of aryl methyl sites for hydroxylation is 1. The Labute approximate surface area is 151 Å². The molecule has 136 valence electrons. The number of aromatic nitrogens is 4. The average molecular weight is 384 g/mol. The molecule has 0 aliphatic carbocycles. The Morgan fingerprint density at radius 2 is 2.00 bits per heavy atom. The lowest BCUT2D eigenvalue weighted by Gasteiger charge is -2.14. The van der Waals surface area contributed by atoms with Gasteiger partial charge >= 0.3 is 6.18 Å². The Morgan fingerprint density at radius 1 is 1.23 bits per heavy atom. The molecule has 1 aromatic carbocycles. The number of rotatable bonds is 4. The lowest BCUT2D eigenvalue weighted by Crippen LogP contribution is -2.12. The lowest BCUT2D eigenvalue weighted by molar-refractivity contribution is -0.137. The summed E-state index contributed by atoms with van der Waals surface area (Å²) in [6, 6.07) is 6.30. The molecule has 3 aromatic rings. The number of nitrogens with zero attached hydrogens (tertiary/aromatic N) is 4. The summed E-state index contributed by atoms with van der Waals surface area (Å²) in [5.74, 6) is -0.486. The summed E-state index contributed by atoms with van der Waals surface area (Å²) in [7, 11) is 1.65. The first-order valence-corrected chi connectivity index (χ1v) is 7.63. The normalized spacial score (nSPS) is 11.4. The van der Waals surface area contributed by atoms with E-state index in [4.69, 9.17) is 17.3 Å². The smallest absolute Gasteiger partial charge is 0.399 e. The molecule has 0 saturated heterocycles. The van der Waals surface area contributed by atoms with E-state index in [1.54, 1.807) is 31.4 Å². The summed E-state index contributed by atoms with van der Waals surface area (Å²) < 4.78 is 41.2. The highest BCUT2D eigenvalue weighted by atomic mass is 35.5. The fraction of sp³-hybridized carbons (Fsp3) is 0.133. The number of benzene rings is 1. The van der Waals surface area contributed by atoms with Gasteiger partial charge in [-0.1, -0.05) is 17.7 Å². The fourth-order valence-corrected chi connectivity index (χ4v) is 2.38. The predicted molar refractivity (Wildman–Crippen MR) is 92.7 cm³/mol. The number of anilines is 5. The average Bonchev–Trinajstić information content (AvgIpc) is 2.84. The minimum atomic E-state index is -4.63. The van der Waals surface area contributed by atoms with Crippen LogP contribution in [0.4, 0.5) is 42.0 Å². The van der Waals surface area contributed by atoms with Crippen molar-refractivity contribution in [2.24, 2.45) is 7.05 Å². The van der Waals surface area contributed by atoms with E-state index >= 15 is 0 Å². The highest BCUT2D eigenvalue weighted by Gasteiger charge is 2.35. The summed E-state index contributed by atoms with van der Waals surface area (Å²) >= 11 is 5.93. The van der Waals surface area contributed by atoms with Crippen molar-refractivity contribution >= 4 is 40.4 Å². The zero-order valence-corrected chi connectivity index (χ0v) is 14.1.